The SMILES string of the molecule is COC(=O)c1ccc(OCc2n[nH]nc2Cc2ccccc2F)nc1. The monoisotopic (exact) mass is 342 g/mol. The number of hydrogen-bond acceptors (Lipinski definition) is 6. The van der Waals surface area contributed by atoms with Crippen molar-refractivity contribution in [1.82, 2.24) is 20.4 Å². The van der Waals surface area contributed by atoms with E-state index in [-0.39, 0.29) is 12.4 Å². The number of ether oxygens (including phenoxy) is 2. The minimum absolute atomic E-state index is 0.116. The average Bonchev–Trinajstić information content (AvgIpc) is 3.09. The second-order valence-electron chi connectivity index (χ2n) is 5.15. The molecule has 25 heavy (non-hydrogen) atoms. The van der Waals surface area contributed by atoms with Crippen LogP contribution in [0.2, 0.25) is 0 Å². The van der Waals surface area contributed by atoms with Crippen molar-refractivity contribution in [2.24, 2.45) is 0 Å². The van der Waals surface area contributed by atoms with Gasteiger partial charge in [-0.25, -0.2) is 14.2 Å². The highest BCUT2D eigenvalue weighted by atomic mass is 19.1. The van der Waals surface area contributed by atoms with Gasteiger partial charge in [0.2, 0.25) is 5.88 Å². The Kier molecular flexibility index (Phi) is 4.98. The third-order valence-corrected chi connectivity index (χ3v) is 3.53. The standard InChI is InChI=1S/C17H15FN4O3/c1-24-17(23)12-6-7-16(19-9-12)25-10-15-14(20-22-21-15)8-11-4-2-3-5-13(11)18/h2-7,9H,8,10H2,1H3,(H,20,21,22). The third-order valence-electron chi connectivity index (χ3n) is 3.53. The van der Waals surface area contributed by atoms with Crippen LogP contribution in [-0.4, -0.2) is 33.5 Å². The Morgan fingerprint density at radius 3 is 2.68 bits per heavy atom. The zero-order valence-electron chi connectivity index (χ0n) is 13.4. The van der Waals surface area contributed by atoms with Crippen molar-refractivity contribution >= 4 is 5.97 Å². The van der Waals surface area contributed by atoms with Gasteiger partial charge in [-0.05, 0) is 17.7 Å². The molecule has 0 fully saturated rings. The molecule has 128 valence electrons. The summed E-state index contributed by atoms with van der Waals surface area (Å²) in [5.41, 5.74) is 2.01. The van der Waals surface area contributed by atoms with Crippen molar-refractivity contribution in [3.63, 3.8) is 0 Å². The van der Waals surface area contributed by atoms with Crippen LogP contribution >= 0.6 is 0 Å². The molecule has 0 spiro atoms. The molecule has 0 atom stereocenters. The first-order valence-corrected chi connectivity index (χ1v) is 7.46. The summed E-state index contributed by atoms with van der Waals surface area (Å²) in [5.74, 6) is -0.437. The fourth-order valence-electron chi connectivity index (χ4n) is 2.20. The molecule has 0 aliphatic rings. The minimum Gasteiger partial charge on any atom is -0.471 e. The van der Waals surface area contributed by atoms with Crippen molar-refractivity contribution < 1.29 is 18.7 Å². The number of carbonyl (C=O) groups excluding carboxylic acids is 1. The predicted molar refractivity (Wildman–Crippen MR) is 85.5 cm³/mol. The minimum atomic E-state index is -0.470. The number of aromatic amines is 1. The number of esters is 1. The number of hydrogen-bond donors (Lipinski definition) is 1. The molecule has 0 saturated heterocycles. The van der Waals surface area contributed by atoms with Gasteiger partial charge in [0, 0.05) is 18.7 Å². The molecule has 3 rings (SSSR count). The fraction of sp³-hybridized carbons (Fsp3) is 0.176. The Morgan fingerprint density at radius 2 is 1.96 bits per heavy atom. The Balaban J connectivity index is 1.65. The molecule has 3 aromatic rings. The number of aromatic nitrogens is 4. The van der Waals surface area contributed by atoms with Gasteiger partial charge in [0.05, 0.1) is 18.4 Å². The summed E-state index contributed by atoms with van der Waals surface area (Å²) in [4.78, 5) is 15.4. The molecule has 0 saturated carbocycles. The number of methoxy groups -OCH3 is 1. The summed E-state index contributed by atoms with van der Waals surface area (Å²) in [7, 11) is 1.30. The van der Waals surface area contributed by atoms with Crippen LogP contribution in [0.15, 0.2) is 42.6 Å². The third kappa shape index (κ3) is 3.97. The molecule has 0 radical (unpaired) electrons. The second-order valence-corrected chi connectivity index (χ2v) is 5.15. The highest BCUT2D eigenvalue weighted by molar-refractivity contribution is 5.88. The lowest BCUT2D eigenvalue weighted by Gasteiger charge is -2.06. The van der Waals surface area contributed by atoms with E-state index in [1.807, 2.05) is 0 Å². The molecule has 1 aromatic carbocycles. The van der Waals surface area contributed by atoms with Crippen molar-refractivity contribution in [2.45, 2.75) is 13.0 Å². The first kappa shape index (κ1) is 16.6. The Bertz CT molecular complexity index is 864. The Hall–Kier alpha value is -3.29. The van der Waals surface area contributed by atoms with Gasteiger partial charge in [-0.1, -0.05) is 18.2 Å². The van der Waals surface area contributed by atoms with Crippen LogP contribution in [0.4, 0.5) is 4.39 Å². The van der Waals surface area contributed by atoms with Crippen molar-refractivity contribution in [3.05, 3.63) is 70.9 Å². The summed E-state index contributed by atoms with van der Waals surface area (Å²) in [6, 6.07) is 9.61. The number of rotatable bonds is 6. The van der Waals surface area contributed by atoms with Gasteiger partial charge in [0.25, 0.3) is 0 Å². The number of pyridine rings is 1. The average molecular weight is 342 g/mol. The Morgan fingerprint density at radius 1 is 1.16 bits per heavy atom. The second kappa shape index (κ2) is 7.52. The maximum atomic E-state index is 13.8. The van der Waals surface area contributed by atoms with E-state index in [9.17, 15) is 9.18 Å². The molecule has 0 aliphatic carbocycles. The lowest BCUT2D eigenvalue weighted by atomic mass is 10.1. The molecule has 2 aromatic heterocycles. The number of nitrogens with zero attached hydrogens (tertiary/aromatic N) is 3. The molecule has 1 N–H and O–H groups in total. The molecular weight excluding hydrogens is 327 g/mol. The first-order chi connectivity index (χ1) is 12.2. The highest BCUT2D eigenvalue weighted by Gasteiger charge is 2.12. The summed E-state index contributed by atoms with van der Waals surface area (Å²) < 4.78 is 23.9. The summed E-state index contributed by atoms with van der Waals surface area (Å²) in [5, 5.41) is 10.6. The van der Waals surface area contributed by atoms with Crippen molar-refractivity contribution in [1.29, 1.82) is 0 Å². The van der Waals surface area contributed by atoms with Gasteiger partial charge >= 0.3 is 5.97 Å². The Labute approximate surface area is 142 Å². The molecule has 0 amide bonds. The lowest BCUT2D eigenvalue weighted by molar-refractivity contribution is 0.0600. The van der Waals surface area contributed by atoms with Crippen LogP contribution in [0.3, 0.4) is 0 Å². The fourth-order valence-corrected chi connectivity index (χ4v) is 2.20. The van der Waals surface area contributed by atoms with Crippen LogP contribution in [-0.2, 0) is 17.8 Å². The highest BCUT2D eigenvalue weighted by Crippen LogP contribution is 2.15. The number of halogens is 1. The van der Waals surface area contributed by atoms with Crippen molar-refractivity contribution in [2.75, 3.05) is 7.11 Å². The van der Waals surface area contributed by atoms with E-state index in [1.165, 1.54) is 19.4 Å². The van der Waals surface area contributed by atoms with Crippen LogP contribution in [0.1, 0.15) is 27.3 Å². The summed E-state index contributed by atoms with van der Waals surface area (Å²) in [6.45, 7) is 0.116. The van der Waals surface area contributed by atoms with E-state index in [4.69, 9.17) is 4.74 Å². The van der Waals surface area contributed by atoms with E-state index in [2.05, 4.69) is 25.1 Å². The molecular formula is C17H15FN4O3. The van der Waals surface area contributed by atoms with Crippen LogP contribution in [0, 0.1) is 5.82 Å². The molecule has 0 bridgehead atoms. The lowest BCUT2D eigenvalue weighted by Crippen LogP contribution is -2.04. The van der Waals surface area contributed by atoms with E-state index >= 15 is 0 Å². The van der Waals surface area contributed by atoms with E-state index in [0.29, 0.717) is 34.8 Å². The smallest absolute Gasteiger partial charge is 0.339 e. The van der Waals surface area contributed by atoms with Gasteiger partial charge in [-0.2, -0.15) is 15.4 Å². The molecule has 0 unspecified atom stereocenters. The molecule has 7 nitrogen and oxygen atoms in total. The zero-order chi connectivity index (χ0) is 17.6. The topological polar surface area (TPSA) is 90.0 Å². The summed E-state index contributed by atoms with van der Waals surface area (Å²) in [6.07, 6.45) is 1.67. The molecule has 8 heteroatoms. The van der Waals surface area contributed by atoms with Crippen molar-refractivity contribution in [3.8, 4) is 5.88 Å². The first-order valence-electron chi connectivity index (χ1n) is 7.46. The van der Waals surface area contributed by atoms with Crippen LogP contribution < -0.4 is 4.74 Å². The quantitative estimate of drug-likeness (QED) is 0.691. The van der Waals surface area contributed by atoms with Gasteiger partial charge in [0.1, 0.15) is 18.1 Å². The predicted octanol–water partition coefficient (Wildman–Crippen LogP) is 2.30. The summed E-state index contributed by atoms with van der Waals surface area (Å²) >= 11 is 0. The van der Waals surface area contributed by atoms with E-state index < -0.39 is 5.97 Å². The molecule has 2 heterocycles. The normalized spacial score (nSPS) is 10.5. The van der Waals surface area contributed by atoms with Gasteiger partial charge in [-0.15, -0.1) is 0 Å². The van der Waals surface area contributed by atoms with Gasteiger partial charge < -0.3 is 9.47 Å². The number of benzene rings is 1. The van der Waals surface area contributed by atoms with Crippen LogP contribution in [0.25, 0.3) is 0 Å². The number of nitrogens with one attached hydrogen (secondary N) is 1. The maximum Gasteiger partial charge on any atom is 0.339 e. The largest absolute Gasteiger partial charge is 0.471 e. The zero-order valence-corrected chi connectivity index (χ0v) is 13.4. The van der Waals surface area contributed by atoms with E-state index in [1.54, 1.807) is 30.3 Å². The van der Waals surface area contributed by atoms with Crippen LogP contribution in [0.5, 0.6) is 5.88 Å². The number of H-pyrrole nitrogens is 1. The number of carbonyl (C=O) groups is 1. The van der Waals surface area contributed by atoms with E-state index in [0.717, 1.165) is 0 Å². The van der Waals surface area contributed by atoms with Gasteiger partial charge in [-0.3, -0.25) is 0 Å². The molecule has 0 aliphatic heterocycles. The van der Waals surface area contributed by atoms with Gasteiger partial charge in [0.15, 0.2) is 0 Å². The maximum absolute atomic E-state index is 13.8.